The number of hydrogen-bond donors (Lipinski definition) is 1. The zero-order chi connectivity index (χ0) is 15.6. The molecular formula is C13H18BrFN2O3S. The average molecular weight is 381 g/mol. The van der Waals surface area contributed by atoms with Crippen molar-refractivity contribution in [3.63, 3.8) is 0 Å². The number of nitrogens with zero attached hydrogens (tertiary/aromatic N) is 1. The Labute approximate surface area is 132 Å². The fraction of sp³-hybridized carbons (Fsp3) is 0.538. The van der Waals surface area contributed by atoms with Crippen molar-refractivity contribution in [2.24, 2.45) is 0 Å². The first kappa shape index (κ1) is 16.7. The number of rotatable bonds is 5. The summed E-state index contributed by atoms with van der Waals surface area (Å²) in [5, 5.41) is 0. The molecule has 2 rings (SSSR count). The van der Waals surface area contributed by atoms with Crippen LogP contribution in [0.1, 0.15) is 19.8 Å². The van der Waals surface area contributed by atoms with Gasteiger partial charge in [0.1, 0.15) is 5.82 Å². The first-order valence-corrected chi connectivity index (χ1v) is 8.95. The Morgan fingerprint density at radius 3 is 2.81 bits per heavy atom. The van der Waals surface area contributed by atoms with E-state index in [4.69, 9.17) is 10.5 Å². The molecule has 1 atom stereocenters. The van der Waals surface area contributed by atoms with E-state index in [0.717, 1.165) is 25.0 Å². The zero-order valence-electron chi connectivity index (χ0n) is 11.7. The van der Waals surface area contributed by atoms with Crippen molar-refractivity contribution in [3.05, 3.63) is 22.4 Å². The van der Waals surface area contributed by atoms with E-state index in [-0.39, 0.29) is 21.2 Å². The summed E-state index contributed by atoms with van der Waals surface area (Å²) in [4.78, 5) is -0.0266. The van der Waals surface area contributed by atoms with Crippen molar-refractivity contribution in [2.75, 3.05) is 25.4 Å². The SMILES string of the molecule is CCN(CC1CCCO1)S(=O)(=O)c1cc(N)c(F)cc1Br. The highest BCUT2D eigenvalue weighted by Gasteiger charge is 2.30. The molecule has 0 radical (unpaired) electrons. The van der Waals surface area contributed by atoms with E-state index in [1.165, 1.54) is 4.31 Å². The Hall–Kier alpha value is -0.700. The maximum Gasteiger partial charge on any atom is 0.244 e. The fourth-order valence-corrected chi connectivity index (χ4v) is 4.79. The number of hydrogen-bond acceptors (Lipinski definition) is 4. The molecule has 1 saturated heterocycles. The molecule has 0 aliphatic carbocycles. The number of nitrogen functional groups attached to an aromatic ring is 1. The van der Waals surface area contributed by atoms with Crippen LogP contribution in [0.25, 0.3) is 0 Å². The highest BCUT2D eigenvalue weighted by atomic mass is 79.9. The van der Waals surface area contributed by atoms with E-state index in [0.29, 0.717) is 19.7 Å². The summed E-state index contributed by atoms with van der Waals surface area (Å²) in [7, 11) is -3.75. The Kier molecular flexibility index (Phi) is 5.24. The molecule has 1 aliphatic heterocycles. The molecule has 0 spiro atoms. The summed E-state index contributed by atoms with van der Waals surface area (Å²) in [5.74, 6) is -0.650. The lowest BCUT2D eigenvalue weighted by Crippen LogP contribution is -2.37. The van der Waals surface area contributed by atoms with Crippen LogP contribution in [-0.2, 0) is 14.8 Å². The van der Waals surface area contributed by atoms with Crippen molar-refractivity contribution in [3.8, 4) is 0 Å². The molecule has 1 unspecified atom stereocenters. The highest BCUT2D eigenvalue weighted by molar-refractivity contribution is 9.10. The lowest BCUT2D eigenvalue weighted by Gasteiger charge is -2.24. The van der Waals surface area contributed by atoms with Gasteiger partial charge in [0, 0.05) is 24.2 Å². The van der Waals surface area contributed by atoms with Crippen LogP contribution in [0.5, 0.6) is 0 Å². The lowest BCUT2D eigenvalue weighted by molar-refractivity contribution is 0.0946. The molecule has 21 heavy (non-hydrogen) atoms. The Balaban J connectivity index is 2.32. The molecule has 1 aromatic rings. The van der Waals surface area contributed by atoms with Crippen LogP contribution in [0, 0.1) is 5.82 Å². The van der Waals surface area contributed by atoms with Gasteiger partial charge in [0.15, 0.2) is 0 Å². The van der Waals surface area contributed by atoms with Crippen LogP contribution < -0.4 is 5.73 Å². The van der Waals surface area contributed by atoms with E-state index in [1.807, 2.05) is 0 Å². The van der Waals surface area contributed by atoms with E-state index in [1.54, 1.807) is 6.92 Å². The lowest BCUT2D eigenvalue weighted by atomic mass is 10.2. The molecule has 1 aliphatic rings. The summed E-state index contributed by atoms with van der Waals surface area (Å²) in [6, 6.07) is 2.22. The first-order chi connectivity index (χ1) is 9.86. The first-order valence-electron chi connectivity index (χ1n) is 6.72. The molecule has 1 heterocycles. The molecule has 118 valence electrons. The number of halogens is 2. The van der Waals surface area contributed by atoms with Crippen molar-refractivity contribution >= 4 is 31.6 Å². The number of likely N-dealkylation sites (N-methyl/N-ethyl adjacent to an activating group) is 1. The van der Waals surface area contributed by atoms with Gasteiger partial charge in [-0.25, -0.2) is 12.8 Å². The number of ether oxygens (including phenoxy) is 1. The quantitative estimate of drug-likeness (QED) is 0.795. The zero-order valence-corrected chi connectivity index (χ0v) is 14.1. The second-order valence-electron chi connectivity index (χ2n) is 4.89. The van der Waals surface area contributed by atoms with Crippen molar-refractivity contribution < 1.29 is 17.5 Å². The average Bonchev–Trinajstić information content (AvgIpc) is 2.92. The number of nitrogens with two attached hydrogens (primary N) is 1. The third kappa shape index (κ3) is 3.56. The third-order valence-corrected chi connectivity index (χ3v) is 6.35. The second kappa shape index (κ2) is 6.60. The predicted octanol–water partition coefficient (Wildman–Crippen LogP) is 2.36. The molecule has 1 fully saturated rings. The second-order valence-corrected chi connectivity index (χ2v) is 7.66. The van der Waals surface area contributed by atoms with Gasteiger partial charge in [-0.3, -0.25) is 0 Å². The Morgan fingerprint density at radius 1 is 1.52 bits per heavy atom. The van der Waals surface area contributed by atoms with Crippen molar-refractivity contribution in [1.82, 2.24) is 4.31 Å². The van der Waals surface area contributed by atoms with Crippen LogP contribution in [-0.4, -0.2) is 38.5 Å². The number of anilines is 1. The maximum absolute atomic E-state index is 13.4. The summed E-state index contributed by atoms with van der Waals surface area (Å²) in [5.41, 5.74) is 5.30. The monoisotopic (exact) mass is 380 g/mol. The Morgan fingerprint density at radius 2 is 2.24 bits per heavy atom. The van der Waals surface area contributed by atoms with Gasteiger partial charge in [-0.05, 0) is 40.9 Å². The smallest absolute Gasteiger partial charge is 0.244 e. The molecule has 8 heteroatoms. The van der Waals surface area contributed by atoms with Crippen LogP contribution in [0.15, 0.2) is 21.5 Å². The van der Waals surface area contributed by atoms with E-state index in [2.05, 4.69) is 15.9 Å². The molecule has 1 aromatic carbocycles. The largest absolute Gasteiger partial charge is 0.396 e. The van der Waals surface area contributed by atoms with Gasteiger partial charge in [0.05, 0.1) is 16.7 Å². The summed E-state index contributed by atoms with van der Waals surface area (Å²) in [6.45, 7) is 3.03. The molecule has 5 nitrogen and oxygen atoms in total. The minimum absolute atomic E-state index is 0.0266. The highest BCUT2D eigenvalue weighted by Crippen LogP contribution is 2.29. The van der Waals surface area contributed by atoms with Gasteiger partial charge in [0.2, 0.25) is 10.0 Å². The fourth-order valence-electron chi connectivity index (χ4n) is 2.29. The van der Waals surface area contributed by atoms with E-state index >= 15 is 0 Å². The van der Waals surface area contributed by atoms with Gasteiger partial charge < -0.3 is 10.5 Å². The third-order valence-electron chi connectivity index (χ3n) is 3.45. The van der Waals surface area contributed by atoms with Gasteiger partial charge in [-0.1, -0.05) is 6.92 Å². The number of sulfonamides is 1. The van der Waals surface area contributed by atoms with E-state index < -0.39 is 15.8 Å². The number of benzene rings is 1. The van der Waals surface area contributed by atoms with Crippen molar-refractivity contribution in [2.45, 2.75) is 30.8 Å². The van der Waals surface area contributed by atoms with Gasteiger partial charge in [-0.15, -0.1) is 0 Å². The standard InChI is InChI=1S/C13H18BrFN2O3S/c1-2-17(8-9-4-3-5-20-9)21(18,19)13-7-12(16)11(15)6-10(13)14/h6-7,9H,2-5,8,16H2,1H3. The molecule has 0 bridgehead atoms. The van der Waals surface area contributed by atoms with E-state index in [9.17, 15) is 12.8 Å². The minimum atomic E-state index is -3.75. The van der Waals surface area contributed by atoms with Gasteiger partial charge in [0.25, 0.3) is 0 Å². The summed E-state index contributed by atoms with van der Waals surface area (Å²) >= 11 is 3.09. The normalized spacial score (nSPS) is 19.3. The van der Waals surface area contributed by atoms with Gasteiger partial charge >= 0.3 is 0 Å². The van der Waals surface area contributed by atoms with Crippen LogP contribution >= 0.6 is 15.9 Å². The molecule has 2 N–H and O–H groups in total. The molecule has 0 saturated carbocycles. The topological polar surface area (TPSA) is 72.6 Å². The van der Waals surface area contributed by atoms with Crippen LogP contribution in [0.2, 0.25) is 0 Å². The minimum Gasteiger partial charge on any atom is -0.396 e. The van der Waals surface area contributed by atoms with Gasteiger partial charge in [-0.2, -0.15) is 4.31 Å². The predicted molar refractivity (Wildman–Crippen MR) is 81.9 cm³/mol. The molecular weight excluding hydrogens is 363 g/mol. The van der Waals surface area contributed by atoms with Crippen molar-refractivity contribution in [1.29, 1.82) is 0 Å². The Bertz CT molecular complexity index is 618. The summed E-state index contributed by atoms with van der Waals surface area (Å²) in [6.07, 6.45) is 1.70. The maximum atomic E-state index is 13.4. The summed E-state index contributed by atoms with van der Waals surface area (Å²) < 4.78 is 45.8. The van der Waals surface area contributed by atoms with Crippen LogP contribution in [0.4, 0.5) is 10.1 Å². The molecule has 0 aromatic heterocycles. The van der Waals surface area contributed by atoms with Crippen LogP contribution in [0.3, 0.4) is 0 Å². The molecule has 0 amide bonds.